The van der Waals surface area contributed by atoms with Crippen LogP contribution >= 0.6 is 0 Å². The van der Waals surface area contributed by atoms with Crippen molar-refractivity contribution < 1.29 is 28.4 Å². The van der Waals surface area contributed by atoms with Gasteiger partial charge in [-0.05, 0) is 26.2 Å². The van der Waals surface area contributed by atoms with Crippen molar-refractivity contribution >= 4 is 0 Å². The van der Waals surface area contributed by atoms with Gasteiger partial charge < -0.3 is 33.0 Å². The first-order valence-electron chi connectivity index (χ1n) is 16.5. The van der Waals surface area contributed by atoms with Crippen molar-refractivity contribution in [3.8, 4) is 0 Å². The van der Waals surface area contributed by atoms with E-state index in [1.807, 2.05) is 17.7 Å². The summed E-state index contributed by atoms with van der Waals surface area (Å²) < 4.78 is 36.3. The van der Waals surface area contributed by atoms with Gasteiger partial charge in [0.25, 0.3) is 0 Å². The van der Waals surface area contributed by atoms with Gasteiger partial charge in [0.1, 0.15) is 6.61 Å². The highest BCUT2D eigenvalue weighted by molar-refractivity contribution is 4.73. The van der Waals surface area contributed by atoms with E-state index in [4.69, 9.17) is 28.4 Å². The fourth-order valence-corrected chi connectivity index (χ4v) is 4.70. The third-order valence-corrected chi connectivity index (χ3v) is 7.65. The van der Waals surface area contributed by atoms with Crippen LogP contribution in [0.25, 0.3) is 0 Å². The number of rotatable bonds is 32. The monoisotopic (exact) mass is 584 g/mol. The summed E-state index contributed by atoms with van der Waals surface area (Å²) in [6, 6.07) is 0. The highest BCUT2D eigenvalue weighted by Crippen LogP contribution is 2.16. The minimum atomic E-state index is -0.702. The number of hydrogen-bond acceptors (Lipinski definition) is 7. The number of ether oxygens (including phenoxy) is 6. The first-order valence-corrected chi connectivity index (χ1v) is 16.5. The molecule has 0 N–H and O–H groups in total. The molecule has 1 atom stereocenters. The molecular formula is C33H64N2O6. The zero-order chi connectivity index (χ0) is 29.7. The minimum Gasteiger partial charge on any atom is -0.379 e. The van der Waals surface area contributed by atoms with E-state index in [1.165, 1.54) is 83.5 Å². The number of aromatic nitrogens is 2. The fourth-order valence-electron chi connectivity index (χ4n) is 4.70. The third-order valence-electron chi connectivity index (χ3n) is 7.65. The molecule has 8 nitrogen and oxygen atoms in total. The molecular weight excluding hydrogens is 520 g/mol. The maximum atomic E-state index is 6.26. The maximum Gasteiger partial charge on any atom is 0.188 e. The number of methoxy groups -OCH3 is 2. The Hall–Kier alpha value is -1.03. The largest absolute Gasteiger partial charge is 0.379 e. The quantitative estimate of drug-likeness (QED) is 0.0638. The molecule has 0 aliphatic heterocycles. The lowest BCUT2D eigenvalue weighted by atomic mass is 10.0. The summed E-state index contributed by atoms with van der Waals surface area (Å²) in [7, 11) is 3.28. The van der Waals surface area contributed by atoms with Crippen molar-refractivity contribution in [3.05, 3.63) is 18.7 Å². The number of hydrogen-bond donors (Lipinski definition) is 0. The molecule has 41 heavy (non-hydrogen) atoms. The molecule has 1 rings (SSSR count). The summed E-state index contributed by atoms with van der Waals surface area (Å²) in [4.78, 5) is 4.03. The molecule has 1 aromatic rings. The smallest absolute Gasteiger partial charge is 0.188 e. The van der Waals surface area contributed by atoms with Crippen LogP contribution in [0.1, 0.15) is 117 Å². The van der Waals surface area contributed by atoms with E-state index in [-0.39, 0.29) is 6.10 Å². The molecule has 0 aromatic carbocycles. The number of imidazole rings is 1. The van der Waals surface area contributed by atoms with Crippen LogP contribution in [0.2, 0.25) is 0 Å². The van der Waals surface area contributed by atoms with E-state index in [1.54, 1.807) is 26.7 Å². The molecule has 0 radical (unpaired) electrons. The van der Waals surface area contributed by atoms with E-state index in [9.17, 15) is 0 Å². The lowest BCUT2D eigenvalue weighted by molar-refractivity contribution is -0.223. The summed E-state index contributed by atoms with van der Waals surface area (Å²) in [6.45, 7) is 9.31. The average molecular weight is 585 g/mol. The molecule has 0 aliphatic rings. The zero-order valence-electron chi connectivity index (χ0n) is 27.1. The molecule has 0 bridgehead atoms. The van der Waals surface area contributed by atoms with Gasteiger partial charge in [-0.15, -0.1) is 0 Å². The van der Waals surface area contributed by atoms with Gasteiger partial charge in [-0.1, -0.05) is 90.4 Å². The lowest BCUT2D eigenvalue weighted by Gasteiger charge is -2.26. The summed E-state index contributed by atoms with van der Waals surface area (Å²) >= 11 is 0. The first-order chi connectivity index (χ1) is 20.1. The molecule has 0 fully saturated rings. The molecule has 0 amide bonds. The highest BCUT2D eigenvalue weighted by Gasteiger charge is 2.23. The standard InChI is InChI=1S/C33H64N2O6/c1-5-6-7-8-9-10-11-12-13-14-15-16-17-19-32(20-26-40-30-33(2,36-3)37-4)41-25-18-24-38-28-29-39-27-23-35-22-21-34-31-35/h21-22,31-32H,5-20,23-30H2,1-4H3. The predicted octanol–water partition coefficient (Wildman–Crippen LogP) is 7.59. The molecule has 1 unspecified atom stereocenters. The van der Waals surface area contributed by atoms with Gasteiger partial charge in [0.15, 0.2) is 5.79 Å². The normalized spacial score (nSPS) is 12.8. The van der Waals surface area contributed by atoms with Gasteiger partial charge >= 0.3 is 0 Å². The molecule has 1 aromatic heterocycles. The van der Waals surface area contributed by atoms with Crippen LogP contribution in [0.5, 0.6) is 0 Å². The Labute approximate surface area is 252 Å². The number of nitrogens with zero attached hydrogens (tertiary/aromatic N) is 2. The second-order valence-corrected chi connectivity index (χ2v) is 11.3. The van der Waals surface area contributed by atoms with Gasteiger partial charge in [-0.2, -0.15) is 0 Å². The second-order valence-electron chi connectivity index (χ2n) is 11.3. The summed E-state index contributed by atoms with van der Waals surface area (Å²) in [5, 5.41) is 0. The van der Waals surface area contributed by atoms with Crippen LogP contribution in [-0.4, -0.2) is 81.9 Å². The van der Waals surface area contributed by atoms with Crippen molar-refractivity contribution in [3.63, 3.8) is 0 Å². The lowest BCUT2D eigenvalue weighted by Crippen LogP contribution is -2.35. The van der Waals surface area contributed by atoms with Crippen molar-refractivity contribution in [2.75, 3.05) is 60.5 Å². The van der Waals surface area contributed by atoms with Crippen LogP contribution in [0.15, 0.2) is 18.7 Å². The third kappa shape index (κ3) is 23.1. The van der Waals surface area contributed by atoms with E-state index in [0.717, 1.165) is 25.8 Å². The van der Waals surface area contributed by atoms with E-state index in [0.29, 0.717) is 46.2 Å². The van der Waals surface area contributed by atoms with Gasteiger partial charge in [-0.3, -0.25) is 0 Å². The van der Waals surface area contributed by atoms with Crippen LogP contribution in [0, 0.1) is 0 Å². The van der Waals surface area contributed by atoms with Crippen molar-refractivity contribution in [2.24, 2.45) is 0 Å². The Morgan fingerprint density at radius 1 is 0.659 bits per heavy atom. The van der Waals surface area contributed by atoms with Gasteiger partial charge in [-0.25, -0.2) is 4.98 Å². The van der Waals surface area contributed by atoms with Crippen LogP contribution < -0.4 is 0 Å². The SMILES string of the molecule is CCCCCCCCCCCCCCCC(CCOCC(C)(OC)OC)OCCCOCCOCCn1ccnc1. The van der Waals surface area contributed by atoms with Gasteiger partial charge in [0, 0.05) is 53.0 Å². The second kappa shape index (κ2) is 27.8. The molecule has 0 saturated carbocycles. The Bertz CT molecular complexity index is 642. The van der Waals surface area contributed by atoms with Crippen molar-refractivity contribution in [1.29, 1.82) is 0 Å². The summed E-state index contributed by atoms with van der Waals surface area (Å²) in [5.41, 5.74) is 0. The van der Waals surface area contributed by atoms with E-state index >= 15 is 0 Å². The Morgan fingerprint density at radius 2 is 1.27 bits per heavy atom. The minimum absolute atomic E-state index is 0.213. The van der Waals surface area contributed by atoms with Crippen molar-refractivity contribution in [1.82, 2.24) is 9.55 Å². The van der Waals surface area contributed by atoms with Gasteiger partial charge in [0.2, 0.25) is 0 Å². The Kier molecular flexibility index (Phi) is 25.7. The molecule has 242 valence electrons. The van der Waals surface area contributed by atoms with E-state index < -0.39 is 5.79 Å². The predicted molar refractivity (Wildman–Crippen MR) is 166 cm³/mol. The molecule has 1 heterocycles. The summed E-state index contributed by atoms with van der Waals surface area (Å²) in [6.07, 6.45) is 26.4. The summed E-state index contributed by atoms with van der Waals surface area (Å²) in [5.74, 6) is -0.702. The van der Waals surface area contributed by atoms with Crippen molar-refractivity contribution in [2.45, 2.75) is 135 Å². The maximum absolute atomic E-state index is 6.26. The van der Waals surface area contributed by atoms with Crippen LogP contribution in [-0.2, 0) is 35.0 Å². The van der Waals surface area contributed by atoms with Crippen LogP contribution in [0.3, 0.4) is 0 Å². The topological polar surface area (TPSA) is 73.2 Å². The van der Waals surface area contributed by atoms with Gasteiger partial charge in [0.05, 0.1) is 32.3 Å². The Balaban J connectivity index is 2.11. The van der Waals surface area contributed by atoms with Crippen LogP contribution in [0.4, 0.5) is 0 Å². The Morgan fingerprint density at radius 3 is 1.85 bits per heavy atom. The van der Waals surface area contributed by atoms with E-state index in [2.05, 4.69) is 11.9 Å². The molecule has 0 spiro atoms. The average Bonchev–Trinajstić information content (AvgIpc) is 3.51. The highest BCUT2D eigenvalue weighted by atomic mass is 16.7. The first kappa shape index (κ1) is 38.0. The molecule has 8 heteroatoms. The molecule has 0 saturated heterocycles. The fraction of sp³-hybridized carbons (Fsp3) is 0.909. The molecule has 0 aliphatic carbocycles. The number of unbranched alkanes of at least 4 members (excludes halogenated alkanes) is 12. The zero-order valence-corrected chi connectivity index (χ0v) is 27.1.